The first kappa shape index (κ1) is 12.6. The van der Waals surface area contributed by atoms with Gasteiger partial charge in [0, 0.05) is 6.04 Å². The summed E-state index contributed by atoms with van der Waals surface area (Å²) in [5, 5.41) is 0. The van der Waals surface area contributed by atoms with Gasteiger partial charge in [0.25, 0.3) is 0 Å². The summed E-state index contributed by atoms with van der Waals surface area (Å²) in [6.45, 7) is 4.33. The number of rotatable bonds is 2. The molecule has 2 rings (SSSR count). The molecule has 1 fully saturated rings. The maximum atomic E-state index is 6.48. The van der Waals surface area contributed by atoms with Crippen molar-refractivity contribution < 1.29 is 0 Å². The lowest BCUT2D eigenvalue weighted by Gasteiger charge is -2.23. The van der Waals surface area contributed by atoms with Crippen LogP contribution in [0.1, 0.15) is 61.3 Å². The van der Waals surface area contributed by atoms with Crippen molar-refractivity contribution in [2.24, 2.45) is 11.7 Å². The molecule has 1 saturated carbocycles. The highest BCUT2D eigenvalue weighted by Crippen LogP contribution is 2.32. The van der Waals surface area contributed by atoms with Crippen LogP contribution in [-0.4, -0.2) is 0 Å². The summed E-state index contributed by atoms with van der Waals surface area (Å²) >= 11 is 0. The minimum atomic E-state index is 0.242. The number of hydrogen-bond acceptors (Lipinski definition) is 1. The molecular weight excluding hydrogens is 206 g/mol. The average molecular weight is 231 g/mol. The Morgan fingerprint density at radius 1 is 0.941 bits per heavy atom. The molecule has 94 valence electrons. The monoisotopic (exact) mass is 231 g/mol. The quantitative estimate of drug-likeness (QED) is 0.756. The molecule has 1 atom stereocenters. The van der Waals surface area contributed by atoms with Crippen molar-refractivity contribution in [1.82, 2.24) is 0 Å². The molecule has 0 heterocycles. The first-order valence-corrected chi connectivity index (χ1v) is 7.00. The van der Waals surface area contributed by atoms with Crippen molar-refractivity contribution in [2.45, 2.75) is 58.4 Å². The summed E-state index contributed by atoms with van der Waals surface area (Å²) in [6, 6.07) is 7.00. The van der Waals surface area contributed by atoms with E-state index >= 15 is 0 Å². The van der Waals surface area contributed by atoms with E-state index in [1.165, 1.54) is 55.2 Å². The smallest absolute Gasteiger partial charge is 0.0323 e. The minimum Gasteiger partial charge on any atom is -0.324 e. The fraction of sp³-hybridized carbons (Fsp3) is 0.625. The van der Waals surface area contributed by atoms with Gasteiger partial charge < -0.3 is 5.73 Å². The first-order valence-electron chi connectivity index (χ1n) is 7.00. The molecule has 2 N–H and O–H groups in total. The van der Waals surface area contributed by atoms with Crippen molar-refractivity contribution in [1.29, 1.82) is 0 Å². The van der Waals surface area contributed by atoms with Gasteiger partial charge in [-0.05, 0) is 38.2 Å². The van der Waals surface area contributed by atoms with Crippen molar-refractivity contribution >= 4 is 0 Å². The second-order valence-electron chi connectivity index (χ2n) is 5.70. The van der Waals surface area contributed by atoms with E-state index in [1.54, 1.807) is 0 Å². The summed E-state index contributed by atoms with van der Waals surface area (Å²) in [7, 11) is 0. The zero-order valence-electron chi connectivity index (χ0n) is 11.2. The van der Waals surface area contributed by atoms with E-state index in [0.717, 1.165) is 0 Å². The molecule has 0 aliphatic heterocycles. The first-order chi connectivity index (χ1) is 8.16. The summed E-state index contributed by atoms with van der Waals surface area (Å²) in [6.07, 6.45) is 8.15. The van der Waals surface area contributed by atoms with E-state index in [9.17, 15) is 0 Å². The Hall–Kier alpha value is -0.820. The molecule has 1 heteroatoms. The van der Waals surface area contributed by atoms with E-state index in [2.05, 4.69) is 32.0 Å². The van der Waals surface area contributed by atoms with E-state index in [4.69, 9.17) is 5.73 Å². The van der Waals surface area contributed by atoms with Crippen LogP contribution in [0.4, 0.5) is 0 Å². The Morgan fingerprint density at radius 2 is 1.47 bits per heavy atom. The SMILES string of the molecule is Cc1cc(C)cc(C(N)C2CCCCCC2)c1. The standard InChI is InChI=1S/C16H25N/c1-12-9-13(2)11-15(10-12)16(17)14-7-5-3-4-6-8-14/h9-11,14,16H,3-8,17H2,1-2H3. The summed E-state index contributed by atoms with van der Waals surface area (Å²) < 4.78 is 0. The zero-order valence-corrected chi connectivity index (χ0v) is 11.2. The third kappa shape index (κ3) is 3.32. The fourth-order valence-electron chi connectivity index (χ4n) is 3.14. The maximum absolute atomic E-state index is 6.48. The largest absolute Gasteiger partial charge is 0.324 e. The van der Waals surface area contributed by atoms with E-state index < -0.39 is 0 Å². The molecule has 0 saturated heterocycles. The van der Waals surface area contributed by atoms with Crippen LogP contribution in [0.15, 0.2) is 18.2 Å². The van der Waals surface area contributed by atoms with Gasteiger partial charge in [-0.2, -0.15) is 0 Å². The fourth-order valence-corrected chi connectivity index (χ4v) is 3.14. The molecule has 1 aromatic rings. The highest BCUT2D eigenvalue weighted by Gasteiger charge is 2.21. The molecular formula is C16H25N. The lowest BCUT2D eigenvalue weighted by atomic mass is 9.87. The molecule has 0 bridgehead atoms. The highest BCUT2D eigenvalue weighted by atomic mass is 14.7. The van der Waals surface area contributed by atoms with Crippen LogP contribution < -0.4 is 5.73 Å². The normalized spacial score (nSPS) is 19.9. The minimum absolute atomic E-state index is 0.242. The van der Waals surface area contributed by atoms with Crippen molar-refractivity contribution in [2.75, 3.05) is 0 Å². The van der Waals surface area contributed by atoms with E-state index in [1.807, 2.05) is 0 Å². The van der Waals surface area contributed by atoms with E-state index in [-0.39, 0.29) is 6.04 Å². The zero-order chi connectivity index (χ0) is 12.3. The highest BCUT2D eigenvalue weighted by molar-refractivity contribution is 5.30. The van der Waals surface area contributed by atoms with Gasteiger partial charge in [-0.25, -0.2) is 0 Å². The molecule has 0 spiro atoms. The molecule has 0 amide bonds. The van der Waals surface area contributed by atoms with E-state index in [0.29, 0.717) is 5.92 Å². The van der Waals surface area contributed by atoms with Crippen LogP contribution in [0, 0.1) is 19.8 Å². The second kappa shape index (κ2) is 5.68. The second-order valence-corrected chi connectivity index (χ2v) is 5.70. The molecule has 17 heavy (non-hydrogen) atoms. The van der Waals surface area contributed by atoms with Gasteiger partial charge in [-0.3, -0.25) is 0 Å². The summed E-state index contributed by atoms with van der Waals surface area (Å²) in [5.74, 6) is 0.693. The van der Waals surface area contributed by atoms with Gasteiger partial charge in [0.05, 0.1) is 0 Å². The van der Waals surface area contributed by atoms with Gasteiger partial charge >= 0.3 is 0 Å². The van der Waals surface area contributed by atoms with Gasteiger partial charge in [0.2, 0.25) is 0 Å². The molecule has 1 aliphatic rings. The predicted octanol–water partition coefficient (Wildman–Crippen LogP) is 4.27. The van der Waals surface area contributed by atoms with Crippen molar-refractivity contribution in [3.63, 3.8) is 0 Å². The number of aryl methyl sites for hydroxylation is 2. The van der Waals surface area contributed by atoms with Gasteiger partial charge in [0.15, 0.2) is 0 Å². The van der Waals surface area contributed by atoms with Crippen LogP contribution in [-0.2, 0) is 0 Å². The molecule has 1 unspecified atom stereocenters. The topological polar surface area (TPSA) is 26.0 Å². The summed E-state index contributed by atoms with van der Waals surface area (Å²) in [4.78, 5) is 0. The Labute approximate surface area is 105 Å². The number of benzene rings is 1. The average Bonchev–Trinajstić information content (AvgIpc) is 2.55. The van der Waals surface area contributed by atoms with Crippen LogP contribution in [0.25, 0.3) is 0 Å². The Kier molecular flexibility index (Phi) is 4.22. The molecule has 1 nitrogen and oxygen atoms in total. The Morgan fingerprint density at radius 3 is 2.00 bits per heavy atom. The van der Waals surface area contributed by atoms with Gasteiger partial charge in [-0.1, -0.05) is 55.0 Å². The Bertz CT molecular complexity index is 342. The molecule has 1 aliphatic carbocycles. The molecule has 0 radical (unpaired) electrons. The van der Waals surface area contributed by atoms with Crippen LogP contribution >= 0.6 is 0 Å². The number of hydrogen-bond donors (Lipinski definition) is 1. The maximum Gasteiger partial charge on any atom is 0.0323 e. The van der Waals surface area contributed by atoms with Gasteiger partial charge in [-0.15, -0.1) is 0 Å². The van der Waals surface area contributed by atoms with Crippen LogP contribution in [0.2, 0.25) is 0 Å². The van der Waals surface area contributed by atoms with Crippen LogP contribution in [0.5, 0.6) is 0 Å². The third-order valence-corrected chi connectivity index (χ3v) is 4.04. The lowest BCUT2D eigenvalue weighted by Crippen LogP contribution is -2.21. The summed E-state index contributed by atoms with van der Waals surface area (Å²) in [5.41, 5.74) is 10.5. The number of nitrogens with two attached hydrogens (primary N) is 1. The van der Waals surface area contributed by atoms with Crippen molar-refractivity contribution in [3.05, 3.63) is 34.9 Å². The lowest BCUT2D eigenvalue weighted by molar-refractivity contribution is 0.382. The van der Waals surface area contributed by atoms with Gasteiger partial charge in [0.1, 0.15) is 0 Å². The third-order valence-electron chi connectivity index (χ3n) is 4.04. The van der Waals surface area contributed by atoms with Crippen LogP contribution in [0.3, 0.4) is 0 Å². The molecule has 0 aromatic heterocycles. The Balaban J connectivity index is 2.14. The predicted molar refractivity (Wildman–Crippen MR) is 74.0 cm³/mol. The molecule has 1 aromatic carbocycles. The van der Waals surface area contributed by atoms with Crippen molar-refractivity contribution in [3.8, 4) is 0 Å².